The van der Waals surface area contributed by atoms with Crippen LogP contribution in [-0.4, -0.2) is 37.0 Å². The summed E-state index contributed by atoms with van der Waals surface area (Å²) < 4.78 is 4.62. The lowest BCUT2D eigenvalue weighted by atomic mass is 10.1. The summed E-state index contributed by atoms with van der Waals surface area (Å²) in [6, 6.07) is 7.14. The summed E-state index contributed by atoms with van der Waals surface area (Å²) in [5.41, 5.74) is 1.94. The number of hydrogen-bond acceptors (Lipinski definition) is 4. The number of anilines is 1. The van der Waals surface area contributed by atoms with Crippen LogP contribution in [0.1, 0.15) is 12.0 Å². The van der Waals surface area contributed by atoms with Gasteiger partial charge >= 0.3 is 5.97 Å². The van der Waals surface area contributed by atoms with E-state index in [0.717, 1.165) is 11.3 Å². The van der Waals surface area contributed by atoms with Gasteiger partial charge in [0.25, 0.3) is 0 Å². The molecular weight excluding hydrogens is 232 g/mol. The number of methoxy groups -OCH3 is 1. The van der Waals surface area contributed by atoms with Gasteiger partial charge in [-0.3, -0.25) is 9.59 Å². The van der Waals surface area contributed by atoms with Crippen molar-refractivity contribution in [3.05, 3.63) is 29.8 Å². The second kappa shape index (κ2) is 5.08. The van der Waals surface area contributed by atoms with Crippen LogP contribution in [0.3, 0.4) is 0 Å². The summed E-state index contributed by atoms with van der Waals surface area (Å²) in [7, 11) is 3.05. The number of para-hydroxylation sites is 1. The molecule has 1 aliphatic rings. The zero-order chi connectivity index (χ0) is 13.1. The molecule has 1 aliphatic heterocycles. The maximum Gasteiger partial charge on any atom is 0.308 e. The number of hydrogen-bond donors (Lipinski definition) is 1. The average molecular weight is 248 g/mol. The van der Waals surface area contributed by atoms with Crippen molar-refractivity contribution in [2.75, 3.05) is 19.5 Å². The molecule has 0 aromatic heterocycles. The highest BCUT2D eigenvalue weighted by molar-refractivity contribution is 5.90. The van der Waals surface area contributed by atoms with Crippen molar-refractivity contribution in [1.29, 1.82) is 0 Å². The van der Waals surface area contributed by atoms with Crippen LogP contribution in [0.2, 0.25) is 0 Å². The summed E-state index contributed by atoms with van der Waals surface area (Å²) in [5.74, 6) is -0.495. The molecule has 5 heteroatoms. The molecular formula is C13H16N2O3. The van der Waals surface area contributed by atoms with E-state index >= 15 is 0 Å². The monoisotopic (exact) mass is 248 g/mol. The van der Waals surface area contributed by atoms with Crippen molar-refractivity contribution in [3.63, 3.8) is 0 Å². The molecule has 0 saturated heterocycles. The summed E-state index contributed by atoms with van der Waals surface area (Å²) in [6.45, 7) is 0.541. The third-order valence-electron chi connectivity index (χ3n) is 3.03. The normalized spacial score (nSPS) is 18.7. The van der Waals surface area contributed by atoms with E-state index in [2.05, 4.69) is 10.1 Å². The molecule has 96 valence electrons. The Bertz CT molecular complexity index is 473. The highest BCUT2D eigenvalue weighted by Gasteiger charge is 2.28. The smallest absolute Gasteiger partial charge is 0.308 e. The van der Waals surface area contributed by atoms with Crippen molar-refractivity contribution < 1.29 is 14.3 Å². The number of fused-ring (bicyclic) bond motifs is 1. The predicted molar refractivity (Wildman–Crippen MR) is 67.0 cm³/mol. The second-order valence-corrected chi connectivity index (χ2v) is 4.33. The van der Waals surface area contributed by atoms with Crippen molar-refractivity contribution >= 4 is 17.6 Å². The molecule has 1 aromatic carbocycles. The number of nitrogens with zero attached hydrogens (tertiary/aromatic N) is 1. The van der Waals surface area contributed by atoms with Crippen molar-refractivity contribution in [1.82, 2.24) is 4.90 Å². The van der Waals surface area contributed by atoms with Gasteiger partial charge in [0, 0.05) is 19.3 Å². The minimum absolute atomic E-state index is 0.0357. The Morgan fingerprint density at radius 1 is 1.50 bits per heavy atom. The highest BCUT2D eigenvalue weighted by Crippen LogP contribution is 2.22. The van der Waals surface area contributed by atoms with Crippen molar-refractivity contribution in [2.24, 2.45) is 0 Å². The van der Waals surface area contributed by atoms with E-state index in [1.54, 1.807) is 11.9 Å². The summed E-state index contributed by atoms with van der Waals surface area (Å²) in [4.78, 5) is 25.1. The lowest BCUT2D eigenvalue weighted by molar-refractivity contribution is -0.143. The van der Waals surface area contributed by atoms with Gasteiger partial charge in [-0.25, -0.2) is 0 Å². The van der Waals surface area contributed by atoms with Crippen molar-refractivity contribution in [2.45, 2.75) is 19.0 Å². The number of benzene rings is 1. The molecule has 5 nitrogen and oxygen atoms in total. The van der Waals surface area contributed by atoms with Crippen LogP contribution in [0.15, 0.2) is 24.3 Å². The topological polar surface area (TPSA) is 58.6 Å². The van der Waals surface area contributed by atoms with Gasteiger partial charge in [-0.1, -0.05) is 18.2 Å². The third-order valence-corrected chi connectivity index (χ3v) is 3.03. The van der Waals surface area contributed by atoms with E-state index in [4.69, 9.17) is 0 Å². The number of likely N-dealkylation sites (N-methyl/N-ethyl adjacent to an activating group) is 1. The number of carbonyl (C=O) groups is 2. The molecule has 1 heterocycles. The van der Waals surface area contributed by atoms with Crippen LogP contribution in [0.4, 0.5) is 5.69 Å². The minimum Gasteiger partial charge on any atom is -0.469 e. The van der Waals surface area contributed by atoms with E-state index in [1.807, 2.05) is 24.3 Å². The van der Waals surface area contributed by atoms with Crippen LogP contribution in [0, 0.1) is 0 Å². The molecule has 1 aromatic rings. The molecule has 2 rings (SSSR count). The summed E-state index contributed by atoms with van der Waals surface area (Å²) >= 11 is 0. The average Bonchev–Trinajstić information content (AvgIpc) is 2.49. The van der Waals surface area contributed by atoms with Gasteiger partial charge < -0.3 is 15.0 Å². The Balaban J connectivity index is 2.26. The third kappa shape index (κ3) is 2.45. The van der Waals surface area contributed by atoms with Gasteiger partial charge in [0.05, 0.1) is 13.5 Å². The van der Waals surface area contributed by atoms with E-state index < -0.39 is 12.0 Å². The Morgan fingerprint density at radius 3 is 2.94 bits per heavy atom. The minimum atomic E-state index is -0.564. The Labute approximate surface area is 106 Å². The zero-order valence-electron chi connectivity index (χ0n) is 10.5. The van der Waals surface area contributed by atoms with Gasteiger partial charge in [-0.15, -0.1) is 0 Å². The Kier molecular flexibility index (Phi) is 3.50. The lowest BCUT2D eigenvalue weighted by Gasteiger charge is -2.19. The standard InChI is InChI=1S/C13H16N2O3/c1-15-8-9-5-3-4-6-10(9)14-11(13(15)17)7-12(16)18-2/h3-6,11,14H,7-8H2,1-2H3/t11-/m0/s1. The number of esters is 1. The molecule has 0 radical (unpaired) electrons. The van der Waals surface area contributed by atoms with Gasteiger partial charge in [0.1, 0.15) is 6.04 Å². The molecule has 0 unspecified atom stereocenters. The van der Waals surface area contributed by atoms with E-state index in [0.29, 0.717) is 6.54 Å². The number of carbonyl (C=O) groups excluding carboxylic acids is 2. The first-order valence-electron chi connectivity index (χ1n) is 5.78. The van der Waals surface area contributed by atoms with Gasteiger partial charge in [0.2, 0.25) is 5.91 Å². The molecule has 1 atom stereocenters. The molecule has 1 amide bonds. The lowest BCUT2D eigenvalue weighted by Crippen LogP contribution is -2.39. The molecule has 0 bridgehead atoms. The summed E-state index contributed by atoms with van der Waals surface area (Å²) in [5, 5.41) is 3.11. The maximum atomic E-state index is 12.1. The number of ether oxygens (including phenoxy) is 1. The van der Waals surface area contributed by atoms with Crippen molar-refractivity contribution in [3.8, 4) is 0 Å². The molecule has 0 fully saturated rings. The number of amides is 1. The molecule has 0 aliphatic carbocycles. The van der Waals surface area contributed by atoms with Crippen LogP contribution in [0.25, 0.3) is 0 Å². The van der Waals surface area contributed by atoms with Gasteiger partial charge in [0.15, 0.2) is 0 Å². The first-order valence-corrected chi connectivity index (χ1v) is 5.78. The van der Waals surface area contributed by atoms with E-state index in [9.17, 15) is 9.59 Å². The zero-order valence-corrected chi connectivity index (χ0v) is 10.5. The van der Waals surface area contributed by atoms with Crippen LogP contribution < -0.4 is 5.32 Å². The fraction of sp³-hybridized carbons (Fsp3) is 0.385. The quantitative estimate of drug-likeness (QED) is 0.793. The number of nitrogens with one attached hydrogen (secondary N) is 1. The van der Waals surface area contributed by atoms with Crippen LogP contribution in [-0.2, 0) is 20.9 Å². The highest BCUT2D eigenvalue weighted by atomic mass is 16.5. The molecule has 18 heavy (non-hydrogen) atoms. The summed E-state index contributed by atoms with van der Waals surface area (Å²) in [6.07, 6.45) is 0.0357. The first-order chi connectivity index (χ1) is 8.61. The van der Waals surface area contributed by atoms with Crippen LogP contribution in [0.5, 0.6) is 0 Å². The fourth-order valence-corrected chi connectivity index (χ4v) is 2.04. The van der Waals surface area contributed by atoms with E-state index in [1.165, 1.54) is 7.11 Å². The van der Waals surface area contributed by atoms with Crippen LogP contribution >= 0.6 is 0 Å². The second-order valence-electron chi connectivity index (χ2n) is 4.33. The SMILES string of the molecule is COC(=O)C[C@@H]1Nc2ccccc2CN(C)C1=O. The molecule has 0 saturated carbocycles. The largest absolute Gasteiger partial charge is 0.469 e. The Morgan fingerprint density at radius 2 is 2.22 bits per heavy atom. The Hall–Kier alpha value is -2.04. The van der Waals surface area contributed by atoms with E-state index in [-0.39, 0.29) is 12.3 Å². The number of rotatable bonds is 2. The molecule has 0 spiro atoms. The predicted octanol–water partition coefficient (Wildman–Crippen LogP) is 1.00. The first kappa shape index (κ1) is 12.4. The van der Waals surface area contributed by atoms with Gasteiger partial charge in [-0.05, 0) is 11.6 Å². The van der Waals surface area contributed by atoms with Gasteiger partial charge in [-0.2, -0.15) is 0 Å². The molecule has 1 N–H and O–H groups in total. The fourth-order valence-electron chi connectivity index (χ4n) is 2.04. The maximum absolute atomic E-state index is 12.1.